The predicted octanol–water partition coefficient (Wildman–Crippen LogP) is 2.24. The molecule has 0 saturated heterocycles. The van der Waals surface area contributed by atoms with Crippen LogP contribution in [0.25, 0.3) is 0 Å². The Bertz CT molecular complexity index is 344. The molecule has 4 heteroatoms. The first kappa shape index (κ1) is 10.2. The van der Waals surface area contributed by atoms with Crippen LogP contribution in [-0.4, -0.2) is 18.7 Å². The molecule has 0 bridgehead atoms. The molecule has 0 spiro atoms. The normalized spacial score (nSPS) is 24.4. The van der Waals surface area contributed by atoms with Gasteiger partial charge in [0.1, 0.15) is 24.3 Å². The van der Waals surface area contributed by atoms with Gasteiger partial charge in [0.2, 0.25) is 0 Å². The number of carbonyl (C=O) groups is 1. The molecule has 1 atom stereocenters. The van der Waals surface area contributed by atoms with Gasteiger partial charge in [0.25, 0.3) is 0 Å². The Kier molecular flexibility index (Phi) is 2.75. The molecule has 0 amide bonds. The van der Waals surface area contributed by atoms with Crippen molar-refractivity contribution in [2.24, 2.45) is 0 Å². The van der Waals surface area contributed by atoms with Crippen molar-refractivity contribution < 1.29 is 18.7 Å². The molecule has 15 heavy (non-hydrogen) atoms. The fourth-order valence-corrected chi connectivity index (χ4v) is 1.83. The molecular weight excluding hydrogens is 199 g/mol. The van der Waals surface area contributed by atoms with Crippen molar-refractivity contribution in [3.8, 4) is 0 Å². The van der Waals surface area contributed by atoms with E-state index in [1.165, 1.54) is 13.0 Å². The van der Waals surface area contributed by atoms with Crippen molar-refractivity contribution in [1.82, 2.24) is 0 Å². The lowest BCUT2D eigenvalue weighted by Crippen LogP contribution is -2.17. The lowest BCUT2D eigenvalue weighted by molar-refractivity contribution is -0.143. The Balaban J connectivity index is 1.90. The minimum absolute atomic E-state index is 0.0921. The van der Waals surface area contributed by atoms with Gasteiger partial charge in [-0.2, -0.15) is 0 Å². The van der Waals surface area contributed by atoms with Gasteiger partial charge in [0.15, 0.2) is 0 Å². The highest BCUT2D eigenvalue weighted by atomic mass is 19.1. The molecule has 1 aliphatic heterocycles. The average molecular weight is 212 g/mol. The molecule has 2 aliphatic rings. The molecule has 0 radical (unpaired) electrons. The molecule has 0 aromatic rings. The molecule has 1 unspecified atom stereocenters. The van der Waals surface area contributed by atoms with Gasteiger partial charge in [-0.15, -0.1) is 0 Å². The lowest BCUT2D eigenvalue weighted by Gasteiger charge is -2.12. The van der Waals surface area contributed by atoms with E-state index in [2.05, 4.69) is 0 Å². The number of carbonyl (C=O) groups excluding carboxylic acids is 1. The maximum Gasteiger partial charge on any atom is 0.302 e. The van der Waals surface area contributed by atoms with Crippen LogP contribution in [0.4, 0.5) is 4.39 Å². The summed E-state index contributed by atoms with van der Waals surface area (Å²) in [5.74, 6) is 0.448. The van der Waals surface area contributed by atoms with E-state index >= 15 is 0 Å². The standard InChI is InChI=1S/C11H13FO3/c1-7(13)14-6-10-5-8-4-9(12)2-3-11(8)15-10/h4,10H,2-3,5-6H2,1H3. The van der Waals surface area contributed by atoms with E-state index in [0.717, 1.165) is 11.3 Å². The molecule has 0 aromatic heterocycles. The highest BCUT2D eigenvalue weighted by Gasteiger charge is 2.27. The molecular formula is C11H13FO3. The van der Waals surface area contributed by atoms with E-state index in [1.807, 2.05) is 0 Å². The van der Waals surface area contributed by atoms with Crippen molar-refractivity contribution in [2.45, 2.75) is 32.3 Å². The van der Waals surface area contributed by atoms with Crippen molar-refractivity contribution in [1.29, 1.82) is 0 Å². The SMILES string of the molecule is CC(=O)OCC1CC2=C(CCC(F)=C2)O1. The van der Waals surface area contributed by atoms with Crippen LogP contribution in [0.5, 0.6) is 0 Å². The summed E-state index contributed by atoms with van der Waals surface area (Å²) in [6.07, 6.45) is 3.07. The first-order valence-corrected chi connectivity index (χ1v) is 5.03. The molecule has 1 heterocycles. The van der Waals surface area contributed by atoms with E-state index in [0.29, 0.717) is 19.3 Å². The molecule has 0 saturated carbocycles. The van der Waals surface area contributed by atoms with Crippen LogP contribution >= 0.6 is 0 Å². The van der Waals surface area contributed by atoms with Gasteiger partial charge in [-0.1, -0.05) is 0 Å². The monoisotopic (exact) mass is 212 g/mol. The number of esters is 1. The van der Waals surface area contributed by atoms with Gasteiger partial charge in [-0.05, 0) is 11.6 Å². The number of hydrogen-bond donors (Lipinski definition) is 0. The van der Waals surface area contributed by atoms with Crippen LogP contribution in [0.1, 0.15) is 26.2 Å². The summed E-state index contributed by atoms with van der Waals surface area (Å²) >= 11 is 0. The van der Waals surface area contributed by atoms with Gasteiger partial charge in [0, 0.05) is 26.2 Å². The largest absolute Gasteiger partial charge is 0.491 e. The van der Waals surface area contributed by atoms with E-state index in [4.69, 9.17) is 9.47 Å². The third kappa shape index (κ3) is 2.37. The molecule has 2 rings (SSSR count). The second-order valence-corrected chi connectivity index (χ2v) is 3.79. The van der Waals surface area contributed by atoms with Gasteiger partial charge in [-0.25, -0.2) is 4.39 Å². The zero-order valence-corrected chi connectivity index (χ0v) is 8.59. The maximum atomic E-state index is 12.9. The molecule has 3 nitrogen and oxygen atoms in total. The minimum atomic E-state index is -0.315. The van der Waals surface area contributed by atoms with Gasteiger partial charge in [-0.3, -0.25) is 4.79 Å². The summed E-state index contributed by atoms with van der Waals surface area (Å²) in [4.78, 5) is 10.6. The molecule has 0 aromatic carbocycles. The maximum absolute atomic E-state index is 12.9. The summed E-state index contributed by atoms with van der Waals surface area (Å²) in [5.41, 5.74) is 0.913. The quantitative estimate of drug-likeness (QED) is 0.658. The van der Waals surface area contributed by atoms with Crippen molar-refractivity contribution >= 4 is 5.97 Å². The average Bonchev–Trinajstić information content (AvgIpc) is 2.56. The second-order valence-electron chi connectivity index (χ2n) is 3.79. The summed E-state index contributed by atoms with van der Waals surface area (Å²) < 4.78 is 23.4. The van der Waals surface area contributed by atoms with Crippen molar-refractivity contribution in [3.63, 3.8) is 0 Å². The van der Waals surface area contributed by atoms with Crippen LogP contribution in [0, 0.1) is 0 Å². The summed E-state index contributed by atoms with van der Waals surface area (Å²) in [6, 6.07) is 0. The Morgan fingerprint density at radius 3 is 3.20 bits per heavy atom. The Morgan fingerprint density at radius 1 is 1.67 bits per heavy atom. The topological polar surface area (TPSA) is 35.5 Å². The number of hydrogen-bond acceptors (Lipinski definition) is 3. The molecule has 1 aliphatic carbocycles. The lowest BCUT2D eigenvalue weighted by atomic mass is 10.0. The zero-order chi connectivity index (χ0) is 10.8. The third-order valence-electron chi connectivity index (χ3n) is 2.51. The number of halogens is 1. The van der Waals surface area contributed by atoms with Crippen molar-refractivity contribution in [2.75, 3.05) is 6.61 Å². The van der Waals surface area contributed by atoms with E-state index < -0.39 is 0 Å². The third-order valence-corrected chi connectivity index (χ3v) is 2.51. The fourth-order valence-electron chi connectivity index (χ4n) is 1.83. The van der Waals surface area contributed by atoms with E-state index in [1.54, 1.807) is 0 Å². The predicted molar refractivity (Wildman–Crippen MR) is 51.6 cm³/mol. The Labute approximate surface area is 87.6 Å². The minimum Gasteiger partial charge on any atom is -0.491 e. The number of ether oxygens (including phenoxy) is 2. The van der Waals surface area contributed by atoms with Crippen LogP contribution in [0.2, 0.25) is 0 Å². The zero-order valence-electron chi connectivity index (χ0n) is 8.59. The fraction of sp³-hybridized carbons (Fsp3) is 0.545. The van der Waals surface area contributed by atoms with Crippen LogP contribution in [-0.2, 0) is 14.3 Å². The van der Waals surface area contributed by atoms with Crippen LogP contribution in [0.3, 0.4) is 0 Å². The van der Waals surface area contributed by atoms with Crippen molar-refractivity contribution in [3.05, 3.63) is 23.2 Å². The highest BCUT2D eigenvalue weighted by Crippen LogP contribution is 2.35. The van der Waals surface area contributed by atoms with Crippen LogP contribution < -0.4 is 0 Å². The Morgan fingerprint density at radius 2 is 2.47 bits per heavy atom. The second kappa shape index (κ2) is 4.04. The smallest absolute Gasteiger partial charge is 0.302 e. The summed E-state index contributed by atoms with van der Waals surface area (Å²) in [5, 5.41) is 0. The number of allylic oxidation sites excluding steroid dienone is 3. The molecule has 0 N–H and O–H groups in total. The molecule has 0 fully saturated rings. The van der Waals surface area contributed by atoms with Gasteiger partial charge in [0.05, 0.1) is 0 Å². The van der Waals surface area contributed by atoms with Crippen LogP contribution in [0.15, 0.2) is 23.2 Å². The summed E-state index contributed by atoms with van der Waals surface area (Å²) in [7, 11) is 0. The Hall–Kier alpha value is -1.32. The van der Waals surface area contributed by atoms with Gasteiger partial charge < -0.3 is 9.47 Å². The molecule has 82 valence electrons. The van der Waals surface area contributed by atoms with E-state index in [-0.39, 0.29) is 24.5 Å². The summed E-state index contributed by atoms with van der Waals surface area (Å²) in [6.45, 7) is 1.61. The highest BCUT2D eigenvalue weighted by molar-refractivity contribution is 5.65. The van der Waals surface area contributed by atoms with E-state index in [9.17, 15) is 9.18 Å². The van der Waals surface area contributed by atoms with Gasteiger partial charge >= 0.3 is 5.97 Å². The first-order chi connectivity index (χ1) is 7.15. The number of rotatable bonds is 2. The first-order valence-electron chi connectivity index (χ1n) is 5.03.